The Morgan fingerprint density at radius 1 is 1.27 bits per heavy atom. The highest BCUT2D eigenvalue weighted by Gasteiger charge is 2.18. The maximum atomic E-state index is 5.91. The lowest BCUT2D eigenvalue weighted by atomic mass is 9.90. The SMILES string of the molecule is Cl.Nc1nccc(C2CCNCC2)c1N. The summed E-state index contributed by atoms with van der Waals surface area (Å²) in [6, 6.07) is 1.99. The zero-order chi connectivity index (χ0) is 9.97. The zero-order valence-corrected chi connectivity index (χ0v) is 9.39. The topological polar surface area (TPSA) is 77.0 Å². The molecule has 0 saturated carbocycles. The van der Waals surface area contributed by atoms with Crippen LogP contribution < -0.4 is 16.8 Å². The number of anilines is 2. The van der Waals surface area contributed by atoms with E-state index in [4.69, 9.17) is 11.5 Å². The predicted octanol–water partition coefficient (Wildman–Crippen LogP) is 1.13. The molecule has 1 aromatic rings. The third-order valence-electron chi connectivity index (χ3n) is 2.83. The summed E-state index contributed by atoms with van der Waals surface area (Å²) in [5.41, 5.74) is 13.4. The van der Waals surface area contributed by atoms with Crippen LogP contribution in [-0.4, -0.2) is 18.1 Å². The summed E-state index contributed by atoms with van der Waals surface area (Å²) in [5, 5.41) is 3.33. The summed E-state index contributed by atoms with van der Waals surface area (Å²) in [6.45, 7) is 2.12. The number of hydrogen-bond acceptors (Lipinski definition) is 4. The Morgan fingerprint density at radius 2 is 1.93 bits per heavy atom. The minimum Gasteiger partial charge on any atom is -0.396 e. The molecule has 1 saturated heterocycles. The molecular weight excluding hydrogens is 212 g/mol. The molecule has 0 spiro atoms. The van der Waals surface area contributed by atoms with Crippen LogP contribution in [0.1, 0.15) is 24.3 Å². The van der Waals surface area contributed by atoms with E-state index >= 15 is 0 Å². The first-order valence-electron chi connectivity index (χ1n) is 4.99. The highest BCUT2D eigenvalue weighted by atomic mass is 35.5. The summed E-state index contributed by atoms with van der Waals surface area (Å²) in [7, 11) is 0. The van der Waals surface area contributed by atoms with Crippen molar-refractivity contribution < 1.29 is 0 Å². The van der Waals surface area contributed by atoms with E-state index in [1.54, 1.807) is 6.20 Å². The number of pyridine rings is 1. The van der Waals surface area contributed by atoms with E-state index in [2.05, 4.69) is 10.3 Å². The molecule has 15 heavy (non-hydrogen) atoms. The molecule has 0 aromatic carbocycles. The number of halogens is 1. The lowest BCUT2D eigenvalue weighted by molar-refractivity contribution is 0.461. The van der Waals surface area contributed by atoms with Crippen molar-refractivity contribution in [3.05, 3.63) is 17.8 Å². The molecule has 0 unspecified atom stereocenters. The fourth-order valence-electron chi connectivity index (χ4n) is 1.99. The maximum Gasteiger partial charge on any atom is 0.146 e. The van der Waals surface area contributed by atoms with Crippen LogP contribution in [0.4, 0.5) is 11.5 Å². The monoisotopic (exact) mass is 228 g/mol. The number of rotatable bonds is 1. The number of nitrogens with zero attached hydrogens (tertiary/aromatic N) is 1. The first-order valence-corrected chi connectivity index (χ1v) is 4.99. The minimum absolute atomic E-state index is 0. The van der Waals surface area contributed by atoms with Gasteiger partial charge >= 0.3 is 0 Å². The van der Waals surface area contributed by atoms with Crippen molar-refractivity contribution in [2.24, 2.45) is 0 Å². The number of nitrogens with two attached hydrogens (primary N) is 2. The van der Waals surface area contributed by atoms with Crippen LogP contribution in [0, 0.1) is 0 Å². The Morgan fingerprint density at radius 3 is 2.60 bits per heavy atom. The Kier molecular flexibility index (Phi) is 4.17. The normalized spacial score (nSPS) is 17.1. The third kappa shape index (κ3) is 2.52. The van der Waals surface area contributed by atoms with Gasteiger partial charge in [-0.2, -0.15) is 0 Å². The number of nitrogen functional groups attached to an aromatic ring is 2. The average molecular weight is 229 g/mol. The average Bonchev–Trinajstić information content (AvgIpc) is 2.23. The largest absolute Gasteiger partial charge is 0.396 e. The van der Waals surface area contributed by atoms with E-state index in [1.807, 2.05) is 6.07 Å². The van der Waals surface area contributed by atoms with E-state index in [-0.39, 0.29) is 12.4 Å². The van der Waals surface area contributed by atoms with Crippen molar-refractivity contribution in [3.63, 3.8) is 0 Å². The van der Waals surface area contributed by atoms with Crippen LogP contribution in [0.2, 0.25) is 0 Å². The van der Waals surface area contributed by atoms with E-state index in [9.17, 15) is 0 Å². The van der Waals surface area contributed by atoms with Crippen molar-refractivity contribution in [2.45, 2.75) is 18.8 Å². The Hall–Kier alpha value is -1.00. The van der Waals surface area contributed by atoms with Crippen LogP contribution in [0.25, 0.3) is 0 Å². The first-order chi connectivity index (χ1) is 6.79. The molecule has 0 bridgehead atoms. The van der Waals surface area contributed by atoms with Gasteiger partial charge in [0, 0.05) is 6.20 Å². The summed E-state index contributed by atoms with van der Waals surface area (Å²) >= 11 is 0. The summed E-state index contributed by atoms with van der Waals surface area (Å²) in [6.07, 6.45) is 4.00. The van der Waals surface area contributed by atoms with Gasteiger partial charge in [-0.15, -0.1) is 12.4 Å². The molecule has 0 aliphatic carbocycles. The third-order valence-corrected chi connectivity index (χ3v) is 2.83. The second-order valence-electron chi connectivity index (χ2n) is 3.72. The van der Waals surface area contributed by atoms with Crippen LogP contribution in [0.15, 0.2) is 12.3 Å². The molecule has 1 aliphatic rings. The number of aromatic nitrogens is 1. The van der Waals surface area contributed by atoms with Gasteiger partial charge in [-0.3, -0.25) is 0 Å². The van der Waals surface area contributed by atoms with Crippen LogP contribution >= 0.6 is 12.4 Å². The van der Waals surface area contributed by atoms with Gasteiger partial charge < -0.3 is 16.8 Å². The minimum atomic E-state index is 0. The highest BCUT2D eigenvalue weighted by Crippen LogP contribution is 2.31. The van der Waals surface area contributed by atoms with Gasteiger partial charge in [-0.05, 0) is 43.5 Å². The van der Waals surface area contributed by atoms with E-state index < -0.39 is 0 Å². The van der Waals surface area contributed by atoms with E-state index in [0.29, 0.717) is 17.4 Å². The molecule has 1 fully saturated rings. The van der Waals surface area contributed by atoms with Gasteiger partial charge in [-0.25, -0.2) is 4.98 Å². The van der Waals surface area contributed by atoms with Crippen molar-refractivity contribution >= 4 is 23.9 Å². The first kappa shape index (κ1) is 12.1. The fraction of sp³-hybridized carbons (Fsp3) is 0.500. The smallest absolute Gasteiger partial charge is 0.146 e. The number of piperidine rings is 1. The molecule has 2 rings (SSSR count). The Labute approximate surface area is 95.9 Å². The van der Waals surface area contributed by atoms with Crippen molar-refractivity contribution in [2.75, 3.05) is 24.6 Å². The molecule has 0 atom stereocenters. The van der Waals surface area contributed by atoms with Gasteiger partial charge in [0.15, 0.2) is 0 Å². The van der Waals surface area contributed by atoms with Crippen molar-refractivity contribution in [1.29, 1.82) is 0 Å². The van der Waals surface area contributed by atoms with E-state index in [1.165, 1.54) is 5.56 Å². The number of hydrogen-bond donors (Lipinski definition) is 3. The summed E-state index contributed by atoms with van der Waals surface area (Å²) in [5.74, 6) is 1.00. The van der Waals surface area contributed by atoms with Crippen LogP contribution in [0.5, 0.6) is 0 Å². The summed E-state index contributed by atoms with van der Waals surface area (Å²) < 4.78 is 0. The summed E-state index contributed by atoms with van der Waals surface area (Å²) in [4.78, 5) is 3.97. The van der Waals surface area contributed by atoms with Gasteiger partial charge in [0.05, 0.1) is 5.69 Å². The quantitative estimate of drug-likeness (QED) is 0.674. The molecule has 0 amide bonds. The molecule has 2 heterocycles. The van der Waals surface area contributed by atoms with Gasteiger partial charge in [0.2, 0.25) is 0 Å². The van der Waals surface area contributed by atoms with Crippen molar-refractivity contribution in [3.8, 4) is 0 Å². The predicted molar refractivity (Wildman–Crippen MR) is 65.2 cm³/mol. The molecule has 1 aromatic heterocycles. The van der Waals surface area contributed by atoms with Crippen LogP contribution in [-0.2, 0) is 0 Å². The zero-order valence-electron chi connectivity index (χ0n) is 8.57. The lowest BCUT2D eigenvalue weighted by Crippen LogP contribution is -2.27. The molecule has 1 aliphatic heterocycles. The van der Waals surface area contributed by atoms with Crippen molar-refractivity contribution in [1.82, 2.24) is 10.3 Å². The van der Waals surface area contributed by atoms with Gasteiger partial charge in [0.25, 0.3) is 0 Å². The number of nitrogens with one attached hydrogen (secondary N) is 1. The fourth-order valence-corrected chi connectivity index (χ4v) is 1.99. The standard InChI is InChI=1S/C10H16N4.ClH/c11-9-8(3-6-14-10(9)12)7-1-4-13-5-2-7;/h3,6-7,13H,1-2,4-5,11H2,(H2,12,14);1H. The molecule has 4 nitrogen and oxygen atoms in total. The maximum absolute atomic E-state index is 5.91. The Balaban J connectivity index is 0.00000112. The highest BCUT2D eigenvalue weighted by molar-refractivity contribution is 5.85. The second kappa shape index (κ2) is 5.19. The lowest BCUT2D eigenvalue weighted by Gasteiger charge is -2.24. The van der Waals surface area contributed by atoms with Gasteiger partial charge in [0.1, 0.15) is 5.82 Å². The van der Waals surface area contributed by atoms with E-state index in [0.717, 1.165) is 25.9 Å². The molecular formula is C10H17ClN4. The van der Waals surface area contributed by atoms with Crippen LogP contribution in [0.3, 0.4) is 0 Å². The second-order valence-corrected chi connectivity index (χ2v) is 3.72. The molecule has 5 N–H and O–H groups in total. The Bertz CT molecular complexity index is 323. The molecule has 84 valence electrons. The molecule has 0 radical (unpaired) electrons. The molecule has 5 heteroatoms. The van der Waals surface area contributed by atoms with Gasteiger partial charge in [-0.1, -0.05) is 0 Å².